The van der Waals surface area contributed by atoms with Crippen molar-refractivity contribution in [3.05, 3.63) is 60.2 Å². The Morgan fingerprint density at radius 3 is 1.72 bits per heavy atom. The number of amides is 2. The third-order valence-corrected chi connectivity index (χ3v) is 3.99. The molecule has 0 heterocycles. The maximum atomic E-state index is 12.1. The van der Waals surface area contributed by atoms with E-state index in [1.165, 1.54) is 5.56 Å². The molecular formula is C21H26N2O2. The van der Waals surface area contributed by atoms with Crippen LogP contribution in [-0.4, -0.2) is 11.8 Å². The van der Waals surface area contributed by atoms with Crippen LogP contribution in [0, 0.1) is 5.92 Å². The molecule has 2 N–H and O–H groups in total. The highest BCUT2D eigenvalue weighted by molar-refractivity contribution is 5.93. The molecule has 0 fully saturated rings. The second kappa shape index (κ2) is 9.02. The van der Waals surface area contributed by atoms with Crippen LogP contribution in [0.4, 0.5) is 11.4 Å². The van der Waals surface area contributed by atoms with E-state index in [2.05, 4.69) is 24.5 Å². The first-order valence-corrected chi connectivity index (χ1v) is 8.68. The molecule has 0 aromatic heterocycles. The number of rotatable bonds is 7. The van der Waals surface area contributed by atoms with Crippen molar-refractivity contribution >= 4 is 23.2 Å². The van der Waals surface area contributed by atoms with E-state index in [4.69, 9.17) is 0 Å². The summed E-state index contributed by atoms with van der Waals surface area (Å²) in [6.45, 7) is 6.18. The lowest BCUT2D eigenvalue weighted by Crippen LogP contribution is -2.20. The Labute approximate surface area is 149 Å². The van der Waals surface area contributed by atoms with Gasteiger partial charge >= 0.3 is 0 Å². The van der Waals surface area contributed by atoms with Gasteiger partial charge in [0.05, 0.1) is 0 Å². The first-order valence-electron chi connectivity index (χ1n) is 8.68. The topological polar surface area (TPSA) is 58.2 Å². The van der Waals surface area contributed by atoms with E-state index >= 15 is 0 Å². The Balaban J connectivity index is 1.78. The number of nitrogens with one attached hydrogen (secondary N) is 2. The summed E-state index contributed by atoms with van der Waals surface area (Å²) in [5.41, 5.74) is 2.80. The molecule has 25 heavy (non-hydrogen) atoms. The quantitative estimate of drug-likeness (QED) is 0.761. The van der Waals surface area contributed by atoms with Crippen molar-refractivity contribution in [2.45, 2.75) is 39.5 Å². The SMILES string of the molecule is CC(CC(=O)Nc1ccccc1)CC(=O)Nc1ccc(C(C)C)cc1. The van der Waals surface area contributed by atoms with Crippen LogP contribution in [0.2, 0.25) is 0 Å². The molecule has 0 saturated carbocycles. The van der Waals surface area contributed by atoms with E-state index in [1.54, 1.807) is 0 Å². The van der Waals surface area contributed by atoms with Gasteiger partial charge in [-0.05, 0) is 41.7 Å². The Kier molecular flexibility index (Phi) is 6.75. The first-order chi connectivity index (χ1) is 11.9. The molecule has 2 amide bonds. The Hall–Kier alpha value is -2.62. The summed E-state index contributed by atoms with van der Waals surface area (Å²) in [5, 5.41) is 5.73. The fourth-order valence-electron chi connectivity index (χ4n) is 2.60. The number of benzene rings is 2. The summed E-state index contributed by atoms with van der Waals surface area (Å²) in [4.78, 5) is 24.2. The number of para-hydroxylation sites is 1. The largest absolute Gasteiger partial charge is 0.326 e. The average molecular weight is 338 g/mol. The molecule has 0 aliphatic rings. The van der Waals surface area contributed by atoms with Crippen LogP contribution >= 0.6 is 0 Å². The van der Waals surface area contributed by atoms with E-state index in [0.717, 1.165) is 11.4 Å². The summed E-state index contributed by atoms with van der Waals surface area (Å²) in [6, 6.07) is 17.2. The molecule has 0 spiro atoms. The highest BCUT2D eigenvalue weighted by Gasteiger charge is 2.14. The molecule has 2 aromatic carbocycles. The number of carbonyl (C=O) groups is 2. The van der Waals surface area contributed by atoms with Crippen LogP contribution in [0.1, 0.15) is 45.1 Å². The summed E-state index contributed by atoms with van der Waals surface area (Å²) in [7, 11) is 0. The van der Waals surface area contributed by atoms with E-state index in [1.807, 2.05) is 61.5 Å². The van der Waals surface area contributed by atoms with Gasteiger partial charge in [-0.2, -0.15) is 0 Å². The van der Waals surface area contributed by atoms with E-state index in [0.29, 0.717) is 18.8 Å². The van der Waals surface area contributed by atoms with Crippen molar-refractivity contribution in [2.24, 2.45) is 5.92 Å². The highest BCUT2D eigenvalue weighted by atomic mass is 16.2. The van der Waals surface area contributed by atoms with Gasteiger partial charge in [-0.1, -0.05) is 51.1 Å². The molecular weight excluding hydrogens is 312 g/mol. The fraction of sp³-hybridized carbons (Fsp3) is 0.333. The van der Waals surface area contributed by atoms with Crippen molar-refractivity contribution in [3.8, 4) is 0 Å². The standard InChI is InChI=1S/C21H26N2O2/c1-15(2)17-9-11-19(12-10-17)23-21(25)14-16(3)13-20(24)22-18-7-5-4-6-8-18/h4-12,15-16H,13-14H2,1-3H3,(H,22,24)(H,23,25). The molecule has 2 rings (SSSR count). The molecule has 0 radical (unpaired) electrons. The first kappa shape index (κ1) is 18.7. The maximum absolute atomic E-state index is 12.1. The minimum atomic E-state index is -0.0761. The number of anilines is 2. The normalized spacial score (nSPS) is 11.8. The smallest absolute Gasteiger partial charge is 0.224 e. The molecule has 1 atom stereocenters. The number of hydrogen-bond acceptors (Lipinski definition) is 2. The highest BCUT2D eigenvalue weighted by Crippen LogP contribution is 2.18. The van der Waals surface area contributed by atoms with Crippen LogP contribution in [0.3, 0.4) is 0 Å². The Morgan fingerprint density at radius 1 is 0.760 bits per heavy atom. The molecule has 132 valence electrons. The monoisotopic (exact) mass is 338 g/mol. The third-order valence-electron chi connectivity index (χ3n) is 3.99. The van der Waals surface area contributed by atoms with Gasteiger partial charge in [0, 0.05) is 24.2 Å². The van der Waals surface area contributed by atoms with Crippen LogP contribution in [0.15, 0.2) is 54.6 Å². The minimum Gasteiger partial charge on any atom is -0.326 e. The molecule has 0 saturated heterocycles. The van der Waals surface area contributed by atoms with E-state index in [9.17, 15) is 9.59 Å². The minimum absolute atomic E-state index is 0.0290. The lowest BCUT2D eigenvalue weighted by Gasteiger charge is -2.12. The van der Waals surface area contributed by atoms with Crippen LogP contribution in [0.5, 0.6) is 0 Å². The number of carbonyl (C=O) groups excluding carboxylic acids is 2. The van der Waals surface area contributed by atoms with Crippen LogP contribution in [0.25, 0.3) is 0 Å². The van der Waals surface area contributed by atoms with Gasteiger partial charge in [-0.3, -0.25) is 9.59 Å². The second-order valence-corrected chi connectivity index (χ2v) is 6.75. The molecule has 2 aromatic rings. The average Bonchev–Trinajstić information content (AvgIpc) is 2.55. The molecule has 0 aliphatic carbocycles. The van der Waals surface area contributed by atoms with Gasteiger partial charge in [0.1, 0.15) is 0 Å². The van der Waals surface area contributed by atoms with E-state index in [-0.39, 0.29) is 17.7 Å². The molecule has 1 unspecified atom stereocenters. The molecule has 4 nitrogen and oxygen atoms in total. The maximum Gasteiger partial charge on any atom is 0.224 e. The van der Waals surface area contributed by atoms with Crippen molar-refractivity contribution < 1.29 is 9.59 Å². The zero-order valence-electron chi connectivity index (χ0n) is 15.1. The fourth-order valence-corrected chi connectivity index (χ4v) is 2.60. The van der Waals surface area contributed by atoms with E-state index < -0.39 is 0 Å². The van der Waals surface area contributed by atoms with Gasteiger partial charge in [-0.25, -0.2) is 0 Å². The summed E-state index contributed by atoms with van der Waals surface area (Å²) >= 11 is 0. The van der Waals surface area contributed by atoms with Crippen LogP contribution < -0.4 is 10.6 Å². The van der Waals surface area contributed by atoms with Crippen molar-refractivity contribution in [3.63, 3.8) is 0 Å². The Morgan fingerprint density at radius 2 is 1.24 bits per heavy atom. The zero-order chi connectivity index (χ0) is 18.2. The second-order valence-electron chi connectivity index (χ2n) is 6.75. The van der Waals surface area contributed by atoms with Gasteiger partial charge in [0.2, 0.25) is 11.8 Å². The van der Waals surface area contributed by atoms with Gasteiger partial charge < -0.3 is 10.6 Å². The van der Waals surface area contributed by atoms with Gasteiger partial charge in [-0.15, -0.1) is 0 Å². The van der Waals surface area contributed by atoms with Crippen molar-refractivity contribution in [1.82, 2.24) is 0 Å². The zero-order valence-corrected chi connectivity index (χ0v) is 15.1. The van der Waals surface area contributed by atoms with Gasteiger partial charge in [0.25, 0.3) is 0 Å². The summed E-state index contributed by atoms with van der Waals surface area (Å²) in [6.07, 6.45) is 0.628. The lowest BCUT2D eigenvalue weighted by molar-refractivity contribution is -0.118. The Bertz CT molecular complexity index is 694. The molecule has 0 bridgehead atoms. The molecule has 0 aliphatic heterocycles. The number of hydrogen-bond donors (Lipinski definition) is 2. The van der Waals surface area contributed by atoms with Crippen molar-refractivity contribution in [2.75, 3.05) is 10.6 Å². The summed E-state index contributed by atoms with van der Waals surface area (Å²) in [5.74, 6) is 0.289. The third kappa shape index (κ3) is 6.42. The predicted molar refractivity (Wildman–Crippen MR) is 103 cm³/mol. The predicted octanol–water partition coefficient (Wildman–Crippen LogP) is 4.80. The van der Waals surface area contributed by atoms with Crippen LogP contribution in [-0.2, 0) is 9.59 Å². The van der Waals surface area contributed by atoms with Crippen molar-refractivity contribution in [1.29, 1.82) is 0 Å². The van der Waals surface area contributed by atoms with Gasteiger partial charge in [0.15, 0.2) is 0 Å². The molecule has 4 heteroatoms. The lowest BCUT2D eigenvalue weighted by atomic mass is 10.0. The summed E-state index contributed by atoms with van der Waals surface area (Å²) < 4.78 is 0.